The van der Waals surface area contributed by atoms with Crippen LogP contribution in [0.15, 0.2) is 71.7 Å². The average Bonchev–Trinajstić information content (AvgIpc) is 3.04. The molecule has 9 N–H and O–H groups in total. The molecule has 0 saturated heterocycles. The van der Waals surface area contributed by atoms with Gasteiger partial charge in [-0.1, -0.05) is 31.2 Å². The molecule has 260 valence electrons. The van der Waals surface area contributed by atoms with Crippen molar-refractivity contribution in [1.29, 1.82) is 0 Å². The zero-order valence-corrected chi connectivity index (χ0v) is 27.8. The fourth-order valence-corrected chi connectivity index (χ4v) is 7.46. The molecular formula is C35H41N5O9. The molecule has 3 aliphatic rings. The summed E-state index contributed by atoms with van der Waals surface area (Å²) in [5, 5.41) is 63.5. The molecule has 2 aromatic rings. The van der Waals surface area contributed by atoms with Crippen LogP contribution in [-0.2, 0) is 14.4 Å². The normalized spacial score (nSPS) is 26.9. The number of hydrogen-bond acceptors (Lipinski definition) is 12. The van der Waals surface area contributed by atoms with Gasteiger partial charge in [0.1, 0.15) is 23.1 Å². The van der Waals surface area contributed by atoms with Crippen LogP contribution in [0, 0.1) is 11.8 Å². The van der Waals surface area contributed by atoms with Gasteiger partial charge in [0.2, 0.25) is 11.7 Å². The van der Waals surface area contributed by atoms with Gasteiger partial charge >= 0.3 is 0 Å². The SMILES string of the molecule is C=CCNC(C(=O)Nc1ccc2c(c1O)C(=O)C1=C(O)[C@]3(O)C(=O)C(C(N)=O)=C(O)[C@@H](N(C)C)C3C(O)C1C2C)c1ccc(N(C)C)cc1. The fraction of sp³-hybridized carbons (Fsp3) is 0.371. The number of carbonyl (C=O) groups is 4. The summed E-state index contributed by atoms with van der Waals surface area (Å²) < 4.78 is 0. The smallest absolute Gasteiger partial charge is 0.255 e. The van der Waals surface area contributed by atoms with E-state index in [1.807, 2.05) is 31.1 Å². The molecule has 7 atom stereocenters. The Balaban J connectivity index is 1.59. The number of phenolic OH excluding ortho intramolecular Hbond substituents is 1. The number of likely N-dealkylation sites (N-methyl/N-ethyl adjacent to an activating group) is 1. The second-order valence-electron chi connectivity index (χ2n) is 13.1. The average molecular weight is 676 g/mol. The van der Waals surface area contributed by atoms with Crippen molar-refractivity contribution in [2.24, 2.45) is 17.6 Å². The molecule has 0 fully saturated rings. The molecule has 0 saturated carbocycles. The van der Waals surface area contributed by atoms with Crippen LogP contribution in [0.5, 0.6) is 5.75 Å². The third-order valence-electron chi connectivity index (χ3n) is 9.86. The minimum absolute atomic E-state index is 0.128. The lowest BCUT2D eigenvalue weighted by Gasteiger charge is -2.53. The van der Waals surface area contributed by atoms with Crippen LogP contribution in [-0.4, -0.2) is 106 Å². The highest BCUT2D eigenvalue weighted by atomic mass is 16.4. The monoisotopic (exact) mass is 675 g/mol. The first-order valence-corrected chi connectivity index (χ1v) is 15.6. The number of nitrogens with zero attached hydrogens (tertiary/aromatic N) is 2. The summed E-state index contributed by atoms with van der Waals surface area (Å²) in [7, 11) is 6.70. The first-order valence-electron chi connectivity index (χ1n) is 15.6. The van der Waals surface area contributed by atoms with Crippen LogP contribution >= 0.6 is 0 Å². The van der Waals surface area contributed by atoms with Crippen molar-refractivity contribution in [3.63, 3.8) is 0 Å². The molecule has 0 aromatic heterocycles. The van der Waals surface area contributed by atoms with Crippen LogP contribution in [0.1, 0.15) is 40.4 Å². The molecule has 0 aliphatic heterocycles. The number of benzene rings is 2. The van der Waals surface area contributed by atoms with Crippen molar-refractivity contribution < 1.29 is 44.7 Å². The molecule has 2 aromatic carbocycles. The quantitative estimate of drug-likeness (QED) is 0.107. The summed E-state index contributed by atoms with van der Waals surface area (Å²) in [4.78, 5) is 56.9. The molecule has 0 radical (unpaired) electrons. The Morgan fingerprint density at radius 3 is 2.24 bits per heavy atom. The number of aliphatic hydroxyl groups excluding tert-OH is 3. The molecule has 0 heterocycles. The van der Waals surface area contributed by atoms with Gasteiger partial charge in [-0.25, -0.2) is 0 Å². The van der Waals surface area contributed by atoms with Crippen molar-refractivity contribution in [1.82, 2.24) is 10.2 Å². The summed E-state index contributed by atoms with van der Waals surface area (Å²) in [6.45, 7) is 5.60. The third kappa shape index (κ3) is 5.37. The number of rotatable bonds is 9. The van der Waals surface area contributed by atoms with Gasteiger partial charge in [-0.05, 0) is 49.3 Å². The van der Waals surface area contributed by atoms with E-state index in [0.29, 0.717) is 5.56 Å². The molecule has 2 amide bonds. The van der Waals surface area contributed by atoms with E-state index in [0.717, 1.165) is 5.69 Å². The van der Waals surface area contributed by atoms with Gasteiger partial charge < -0.3 is 41.5 Å². The molecule has 14 heteroatoms. The van der Waals surface area contributed by atoms with Gasteiger partial charge in [0, 0.05) is 37.8 Å². The number of hydrogen-bond donors (Lipinski definition) is 8. The lowest BCUT2D eigenvalue weighted by atomic mass is 9.55. The Morgan fingerprint density at radius 1 is 1.06 bits per heavy atom. The van der Waals surface area contributed by atoms with Crippen LogP contribution in [0.25, 0.3) is 0 Å². The molecule has 3 aliphatic carbocycles. The highest BCUT2D eigenvalue weighted by molar-refractivity contribution is 6.25. The van der Waals surface area contributed by atoms with Gasteiger partial charge in [0.05, 0.1) is 29.3 Å². The van der Waals surface area contributed by atoms with Crippen LogP contribution in [0.2, 0.25) is 0 Å². The van der Waals surface area contributed by atoms with E-state index in [9.17, 15) is 44.7 Å². The van der Waals surface area contributed by atoms with Gasteiger partial charge in [0.25, 0.3) is 5.91 Å². The lowest BCUT2D eigenvalue weighted by Crippen LogP contribution is -2.68. The minimum atomic E-state index is -3.03. The summed E-state index contributed by atoms with van der Waals surface area (Å²) in [6.07, 6.45) is -0.132. The number of carbonyl (C=O) groups excluding carboxylic acids is 4. The number of amides is 2. The van der Waals surface area contributed by atoms with E-state index in [4.69, 9.17) is 5.73 Å². The maximum Gasteiger partial charge on any atom is 0.255 e. The van der Waals surface area contributed by atoms with E-state index >= 15 is 0 Å². The maximum absolute atomic E-state index is 14.2. The predicted molar refractivity (Wildman–Crippen MR) is 180 cm³/mol. The van der Waals surface area contributed by atoms with Crippen LogP contribution in [0.3, 0.4) is 0 Å². The van der Waals surface area contributed by atoms with Gasteiger partial charge in [0.15, 0.2) is 17.1 Å². The topological polar surface area (TPSA) is 226 Å². The molecule has 5 unspecified atom stereocenters. The highest BCUT2D eigenvalue weighted by Gasteiger charge is 2.67. The number of Topliss-reactive ketones (excluding diaryl/α,β-unsaturated/α-hetero) is 2. The molecule has 0 bridgehead atoms. The molecule has 5 rings (SSSR count). The van der Waals surface area contributed by atoms with Crippen molar-refractivity contribution in [2.45, 2.75) is 36.6 Å². The first-order chi connectivity index (χ1) is 23.0. The predicted octanol–water partition coefficient (Wildman–Crippen LogP) is 1.17. The second kappa shape index (κ2) is 12.8. The number of fused-ring (bicyclic) bond motifs is 3. The van der Waals surface area contributed by atoms with Crippen molar-refractivity contribution in [3.05, 3.63) is 88.4 Å². The van der Waals surface area contributed by atoms with Crippen molar-refractivity contribution in [2.75, 3.05) is 45.0 Å². The molecular weight excluding hydrogens is 634 g/mol. The van der Waals surface area contributed by atoms with Crippen LogP contribution < -0.4 is 21.3 Å². The second-order valence-corrected chi connectivity index (χ2v) is 13.1. The lowest BCUT2D eigenvalue weighted by molar-refractivity contribution is -0.162. The number of anilines is 2. The number of ketones is 2. The minimum Gasteiger partial charge on any atom is -0.510 e. The van der Waals surface area contributed by atoms with Crippen molar-refractivity contribution >= 4 is 34.8 Å². The molecule has 0 spiro atoms. The van der Waals surface area contributed by atoms with E-state index < -0.39 is 93.3 Å². The van der Waals surface area contributed by atoms with Gasteiger partial charge in [-0.3, -0.25) is 29.4 Å². The molecule has 14 nitrogen and oxygen atoms in total. The largest absolute Gasteiger partial charge is 0.510 e. The zero-order chi connectivity index (χ0) is 36.3. The summed E-state index contributed by atoms with van der Waals surface area (Å²) >= 11 is 0. The third-order valence-corrected chi connectivity index (χ3v) is 9.86. The molecule has 49 heavy (non-hydrogen) atoms. The van der Waals surface area contributed by atoms with E-state index in [1.54, 1.807) is 25.1 Å². The Kier molecular flexibility index (Phi) is 9.21. The van der Waals surface area contributed by atoms with Gasteiger partial charge in [-0.15, -0.1) is 6.58 Å². The zero-order valence-electron chi connectivity index (χ0n) is 27.8. The number of nitrogens with one attached hydrogen (secondary N) is 2. The first kappa shape index (κ1) is 35.3. The fourth-order valence-electron chi connectivity index (χ4n) is 7.46. The number of nitrogens with two attached hydrogens (primary N) is 1. The Morgan fingerprint density at radius 2 is 1.69 bits per heavy atom. The van der Waals surface area contributed by atoms with E-state index in [2.05, 4.69) is 17.2 Å². The Labute approximate surface area is 282 Å². The number of phenols is 1. The number of primary amides is 1. The highest BCUT2D eigenvalue weighted by Crippen LogP contribution is 2.56. The Bertz CT molecular complexity index is 1820. The summed E-state index contributed by atoms with van der Waals surface area (Å²) in [5.41, 5.74) is 2.19. The number of aliphatic hydroxyl groups is 4. The summed E-state index contributed by atoms with van der Waals surface area (Å²) in [6, 6.07) is 7.91. The maximum atomic E-state index is 14.2. The number of aromatic hydroxyl groups is 1. The standard InChI is InChI=1S/C35H41N5O9/c1-7-14-37-25(16-8-10-17(11-9-16)39(3)4)34(48)38-19-13-12-18-15(2)20-22(28(42)21(18)27(19)41)31(45)35(49)24(29(20)43)26(40(5)6)30(44)23(32(35)46)33(36)47/h7-13,15,20,24-26,29,37,41,43-45,49H,1,14H2,2-6H3,(H2,36,47)(H,38,48)/t15?,20?,24?,25?,26-,29?,35-/m0/s1. The van der Waals surface area contributed by atoms with E-state index in [-0.39, 0.29) is 23.4 Å². The van der Waals surface area contributed by atoms with Crippen molar-refractivity contribution in [3.8, 4) is 5.75 Å². The van der Waals surface area contributed by atoms with E-state index in [1.165, 1.54) is 31.1 Å². The van der Waals surface area contributed by atoms with Gasteiger partial charge in [-0.2, -0.15) is 0 Å². The Hall–Kier alpha value is -5.02. The summed E-state index contributed by atoms with van der Waals surface area (Å²) in [5.74, 6) is -10.6. The van der Waals surface area contributed by atoms with Crippen LogP contribution in [0.4, 0.5) is 11.4 Å².